The largest absolute Gasteiger partial charge is 0.480 e. The summed E-state index contributed by atoms with van der Waals surface area (Å²) in [4.78, 5) is 50.6. The predicted molar refractivity (Wildman–Crippen MR) is 139 cm³/mol. The Labute approximate surface area is 213 Å². The number of carboxylic acids is 1. The maximum absolute atomic E-state index is 13.2. The molecule has 36 heavy (non-hydrogen) atoms. The lowest BCUT2D eigenvalue weighted by atomic mass is 9.95. The molecule has 0 radical (unpaired) electrons. The van der Waals surface area contributed by atoms with Crippen LogP contribution in [0.5, 0.6) is 0 Å². The van der Waals surface area contributed by atoms with Crippen molar-refractivity contribution in [2.75, 3.05) is 6.54 Å². The van der Waals surface area contributed by atoms with E-state index in [9.17, 15) is 24.3 Å². The van der Waals surface area contributed by atoms with Crippen molar-refractivity contribution in [3.8, 4) is 0 Å². The molecule has 1 aromatic rings. The molecule has 3 amide bonds. The van der Waals surface area contributed by atoms with Gasteiger partial charge in [-0.1, -0.05) is 64.4 Å². The van der Waals surface area contributed by atoms with Crippen LogP contribution in [0, 0.1) is 11.8 Å². The molecule has 5 atom stereocenters. The Hall–Kier alpha value is -2.98. The van der Waals surface area contributed by atoms with Crippen molar-refractivity contribution in [2.24, 2.45) is 23.3 Å². The van der Waals surface area contributed by atoms with Crippen LogP contribution in [-0.2, 0) is 25.6 Å². The van der Waals surface area contributed by atoms with E-state index in [4.69, 9.17) is 11.5 Å². The van der Waals surface area contributed by atoms with E-state index < -0.39 is 47.9 Å². The molecule has 0 aliphatic carbocycles. The van der Waals surface area contributed by atoms with E-state index in [0.29, 0.717) is 32.2 Å². The molecule has 5 unspecified atom stereocenters. The topological polar surface area (TPSA) is 177 Å². The number of hydrogen-bond acceptors (Lipinski definition) is 6. The molecular weight excluding hydrogens is 462 g/mol. The van der Waals surface area contributed by atoms with Gasteiger partial charge in [-0.15, -0.1) is 0 Å². The van der Waals surface area contributed by atoms with Gasteiger partial charge in [0, 0.05) is 0 Å². The Morgan fingerprint density at radius 3 is 2.00 bits per heavy atom. The van der Waals surface area contributed by atoms with Crippen LogP contribution in [0.25, 0.3) is 0 Å². The first-order valence-corrected chi connectivity index (χ1v) is 12.6. The van der Waals surface area contributed by atoms with Gasteiger partial charge in [-0.3, -0.25) is 14.4 Å². The number of carboxylic acid groups (broad SMARTS) is 1. The number of rotatable bonds is 16. The SMILES string of the molecule is CCC(C)C(NC(=O)C(NC(=O)C(N)Cc1ccccc1)C(C)C)C(=O)NC(CCCCN)C(=O)O. The molecule has 0 aliphatic heterocycles. The fourth-order valence-corrected chi connectivity index (χ4v) is 3.71. The lowest BCUT2D eigenvalue weighted by Crippen LogP contribution is -2.59. The fourth-order valence-electron chi connectivity index (χ4n) is 3.71. The number of aliphatic carboxylic acids is 1. The summed E-state index contributed by atoms with van der Waals surface area (Å²) in [5, 5.41) is 17.5. The Bertz CT molecular complexity index is 848. The first kappa shape index (κ1) is 31.1. The van der Waals surface area contributed by atoms with Gasteiger partial charge in [0.2, 0.25) is 17.7 Å². The standard InChI is InChI=1S/C26H43N5O5/c1-5-17(4)22(25(34)29-20(26(35)36)13-9-10-14-27)31-24(33)21(16(2)3)30-23(32)19(28)15-18-11-7-6-8-12-18/h6-8,11-12,16-17,19-22H,5,9-10,13-15,27-28H2,1-4H3,(H,29,34)(H,30,32)(H,31,33)(H,35,36). The van der Waals surface area contributed by atoms with Crippen LogP contribution in [0.1, 0.15) is 58.9 Å². The first-order valence-electron chi connectivity index (χ1n) is 12.6. The lowest BCUT2D eigenvalue weighted by Gasteiger charge is -2.29. The number of nitrogens with one attached hydrogen (secondary N) is 3. The summed E-state index contributed by atoms with van der Waals surface area (Å²) in [5.41, 5.74) is 12.5. The van der Waals surface area contributed by atoms with E-state index in [-0.39, 0.29) is 18.3 Å². The van der Waals surface area contributed by atoms with Crippen molar-refractivity contribution < 1.29 is 24.3 Å². The molecule has 0 fully saturated rings. The highest BCUT2D eigenvalue weighted by molar-refractivity contribution is 5.94. The van der Waals surface area contributed by atoms with Crippen molar-refractivity contribution in [1.29, 1.82) is 0 Å². The highest BCUT2D eigenvalue weighted by atomic mass is 16.4. The van der Waals surface area contributed by atoms with Crippen LogP contribution in [-0.4, -0.2) is 59.5 Å². The molecule has 10 nitrogen and oxygen atoms in total. The van der Waals surface area contributed by atoms with Gasteiger partial charge in [0.25, 0.3) is 0 Å². The van der Waals surface area contributed by atoms with Gasteiger partial charge in [-0.2, -0.15) is 0 Å². The first-order chi connectivity index (χ1) is 17.0. The van der Waals surface area contributed by atoms with Crippen molar-refractivity contribution >= 4 is 23.7 Å². The minimum atomic E-state index is -1.14. The Kier molecular flexibility index (Phi) is 13.7. The van der Waals surface area contributed by atoms with Gasteiger partial charge in [0.15, 0.2) is 0 Å². The van der Waals surface area contributed by atoms with E-state index in [2.05, 4.69) is 16.0 Å². The summed E-state index contributed by atoms with van der Waals surface area (Å²) in [5.74, 6) is -3.26. The molecule has 1 rings (SSSR count). The summed E-state index contributed by atoms with van der Waals surface area (Å²) in [6.07, 6.45) is 2.33. The maximum Gasteiger partial charge on any atom is 0.326 e. The second-order valence-corrected chi connectivity index (χ2v) is 9.58. The molecule has 0 aliphatic rings. The molecule has 0 saturated carbocycles. The zero-order valence-electron chi connectivity index (χ0n) is 21.8. The minimum Gasteiger partial charge on any atom is -0.480 e. The van der Waals surface area contributed by atoms with Gasteiger partial charge in [-0.05, 0) is 49.6 Å². The monoisotopic (exact) mass is 505 g/mol. The molecule has 10 heteroatoms. The Morgan fingerprint density at radius 1 is 0.889 bits per heavy atom. The normalized spacial score (nSPS) is 15.3. The van der Waals surface area contributed by atoms with Crippen molar-refractivity contribution in [2.45, 2.75) is 84.0 Å². The van der Waals surface area contributed by atoms with Gasteiger partial charge in [0.05, 0.1) is 6.04 Å². The smallest absolute Gasteiger partial charge is 0.326 e. The number of carbonyl (C=O) groups is 4. The number of benzene rings is 1. The van der Waals surface area contributed by atoms with E-state index >= 15 is 0 Å². The third kappa shape index (κ3) is 10.3. The van der Waals surface area contributed by atoms with E-state index in [1.54, 1.807) is 20.8 Å². The van der Waals surface area contributed by atoms with Crippen LogP contribution in [0.4, 0.5) is 0 Å². The van der Waals surface area contributed by atoms with Crippen LogP contribution < -0.4 is 27.4 Å². The van der Waals surface area contributed by atoms with Crippen LogP contribution in [0.15, 0.2) is 30.3 Å². The zero-order valence-corrected chi connectivity index (χ0v) is 21.8. The molecule has 0 saturated heterocycles. The van der Waals surface area contributed by atoms with E-state index in [1.807, 2.05) is 37.3 Å². The zero-order chi connectivity index (χ0) is 27.3. The highest BCUT2D eigenvalue weighted by Gasteiger charge is 2.33. The number of amides is 3. The van der Waals surface area contributed by atoms with Crippen LogP contribution >= 0.6 is 0 Å². The molecular formula is C26H43N5O5. The third-order valence-corrected chi connectivity index (χ3v) is 6.24. The second kappa shape index (κ2) is 15.9. The number of hydrogen-bond donors (Lipinski definition) is 6. The van der Waals surface area contributed by atoms with Crippen LogP contribution in [0.3, 0.4) is 0 Å². The van der Waals surface area contributed by atoms with Crippen molar-refractivity contribution in [3.63, 3.8) is 0 Å². The summed E-state index contributed by atoms with van der Waals surface area (Å²) < 4.78 is 0. The molecule has 0 spiro atoms. The van der Waals surface area contributed by atoms with Gasteiger partial charge >= 0.3 is 5.97 Å². The number of carbonyl (C=O) groups excluding carboxylic acids is 3. The maximum atomic E-state index is 13.2. The molecule has 8 N–H and O–H groups in total. The summed E-state index contributed by atoms with van der Waals surface area (Å²) in [6, 6.07) is 5.52. The van der Waals surface area contributed by atoms with Gasteiger partial charge in [0.1, 0.15) is 18.1 Å². The average molecular weight is 506 g/mol. The Balaban J connectivity index is 2.91. The van der Waals surface area contributed by atoms with Crippen LogP contribution in [0.2, 0.25) is 0 Å². The summed E-state index contributed by atoms with van der Waals surface area (Å²) in [6.45, 7) is 7.67. The predicted octanol–water partition coefficient (Wildman–Crippen LogP) is 0.927. The summed E-state index contributed by atoms with van der Waals surface area (Å²) >= 11 is 0. The fraction of sp³-hybridized carbons (Fsp3) is 0.615. The summed E-state index contributed by atoms with van der Waals surface area (Å²) in [7, 11) is 0. The average Bonchev–Trinajstić information content (AvgIpc) is 2.84. The quantitative estimate of drug-likeness (QED) is 0.181. The second-order valence-electron chi connectivity index (χ2n) is 9.58. The molecule has 0 heterocycles. The number of nitrogens with two attached hydrogens (primary N) is 2. The third-order valence-electron chi connectivity index (χ3n) is 6.24. The van der Waals surface area contributed by atoms with Crippen molar-refractivity contribution in [1.82, 2.24) is 16.0 Å². The van der Waals surface area contributed by atoms with Gasteiger partial charge < -0.3 is 32.5 Å². The minimum absolute atomic E-state index is 0.240. The molecule has 0 bridgehead atoms. The molecule has 1 aromatic carbocycles. The number of unbranched alkanes of at least 4 members (excludes halogenated alkanes) is 1. The van der Waals surface area contributed by atoms with E-state index in [1.165, 1.54) is 0 Å². The lowest BCUT2D eigenvalue weighted by molar-refractivity contribution is -0.143. The molecule has 0 aromatic heterocycles. The van der Waals surface area contributed by atoms with Gasteiger partial charge in [-0.25, -0.2) is 4.79 Å². The molecule has 202 valence electrons. The van der Waals surface area contributed by atoms with E-state index in [0.717, 1.165) is 5.56 Å². The highest BCUT2D eigenvalue weighted by Crippen LogP contribution is 2.12. The van der Waals surface area contributed by atoms with Crippen molar-refractivity contribution in [3.05, 3.63) is 35.9 Å². The Morgan fingerprint density at radius 2 is 1.47 bits per heavy atom.